The molecule has 1 aliphatic carbocycles. The Morgan fingerprint density at radius 1 is 1.12 bits per heavy atom. The number of hydrogen-bond acceptors (Lipinski definition) is 7. The van der Waals surface area contributed by atoms with Crippen molar-refractivity contribution in [3.05, 3.63) is 36.0 Å². The molecular weight excluding hydrogens is 316 g/mol. The Kier molecular flexibility index (Phi) is 3.13. The minimum Gasteiger partial charge on any atom is -0.352 e. The molecule has 1 aliphatic heterocycles. The van der Waals surface area contributed by atoms with E-state index in [0.717, 1.165) is 41.9 Å². The van der Waals surface area contributed by atoms with Crippen molar-refractivity contribution in [1.82, 2.24) is 29.8 Å². The van der Waals surface area contributed by atoms with E-state index in [0.29, 0.717) is 12.0 Å². The summed E-state index contributed by atoms with van der Waals surface area (Å²) in [6.45, 7) is 3.81. The summed E-state index contributed by atoms with van der Waals surface area (Å²) in [5.74, 6) is 3.44. The van der Waals surface area contributed by atoms with E-state index in [1.807, 2.05) is 29.8 Å². The fraction of sp³-hybridized carbons (Fsp3) is 0.471. The van der Waals surface area contributed by atoms with Gasteiger partial charge in [-0.1, -0.05) is 0 Å². The van der Waals surface area contributed by atoms with Gasteiger partial charge in [-0.3, -0.25) is 4.98 Å². The molecule has 0 unspecified atom stereocenters. The van der Waals surface area contributed by atoms with Crippen molar-refractivity contribution in [2.45, 2.75) is 31.7 Å². The SMILES string of the molecule is Cc1cncc(N(C)C2CN(c3ccc4nnc(C5CC5)n4n3)C2)n1. The number of aromatic nitrogens is 6. The third-order valence-corrected chi connectivity index (χ3v) is 5.05. The zero-order chi connectivity index (χ0) is 17.0. The van der Waals surface area contributed by atoms with E-state index in [4.69, 9.17) is 5.10 Å². The predicted octanol–water partition coefficient (Wildman–Crippen LogP) is 1.43. The van der Waals surface area contributed by atoms with Crippen LogP contribution in [0.15, 0.2) is 24.5 Å². The Balaban J connectivity index is 1.33. The number of nitrogens with zero attached hydrogens (tertiary/aromatic N) is 8. The second-order valence-electron chi connectivity index (χ2n) is 6.98. The van der Waals surface area contributed by atoms with Gasteiger partial charge in [0.05, 0.1) is 17.9 Å². The quantitative estimate of drug-likeness (QED) is 0.713. The second-order valence-corrected chi connectivity index (χ2v) is 6.98. The number of aryl methyl sites for hydroxylation is 1. The van der Waals surface area contributed by atoms with E-state index < -0.39 is 0 Å². The Morgan fingerprint density at radius 2 is 1.96 bits per heavy atom. The van der Waals surface area contributed by atoms with Gasteiger partial charge in [0.15, 0.2) is 11.5 Å². The van der Waals surface area contributed by atoms with Gasteiger partial charge in [-0.25, -0.2) is 4.98 Å². The molecule has 25 heavy (non-hydrogen) atoms. The molecule has 3 aromatic rings. The standard InChI is InChI=1S/C17H20N8/c1-11-7-18-8-16(19-11)23(2)13-9-24(10-13)15-6-5-14-20-21-17(12-3-4-12)25(14)22-15/h5-8,12-13H,3-4,9-10H2,1-2H3. The monoisotopic (exact) mass is 336 g/mol. The highest BCUT2D eigenvalue weighted by Gasteiger charge is 2.33. The lowest BCUT2D eigenvalue weighted by atomic mass is 10.1. The summed E-state index contributed by atoms with van der Waals surface area (Å²) in [5, 5.41) is 13.3. The summed E-state index contributed by atoms with van der Waals surface area (Å²) < 4.78 is 1.91. The molecule has 1 saturated heterocycles. The van der Waals surface area contributed by atoms with Crippen LogP contribution in [-0.2, 0) is 0 Å². The molecule has 2 fully saturated rings. The van der Waals surface area contributed by atoms with Crippen molar-refractivity contribution in [2.24, 2.45) is 0 Å². The first-order valence-corrected chi connectivity index (χ1v) is 8.68. The van der Waals surface area contributed by atoms with Crippen LogP contribution >= 0.6 is 0 Å². The summed E-state index contributed by atoms with van der Waals surface area (Å²) in [6.07, 6.45) is 5.99. The summed E-state index contributed by atoms with van der Waals surface area (Å²) in [5.41, 5.74) is 1.77. The van der Waals surface area contributed by atoms with Crippen LogP contribution in [0.5, 0.6) is 0 Å². The molecule has 0 amide bonds. The van der Waals surface area contributed by atoms with Crippen molar-refractivity contribution < 1.29 is 0 Å². The Morgan fingerprint density at radius 3 is 2.72 bits per heavy atom. The molecule has 0 radical (unpaired) electrons. The van der Waals surface area contributed by atoms with Crippen LogP contribution in [0.25, 0.3) is 5.65 Å². The molecule has 0 N–H and O–H groups in total. The van der Waals surface area contributed by atoms with Crippen molar-refractivity contribution in [1.29, 1.82) is 0 Å². The molecule has 5 rings (SSSR count). The van der Waals surface area contributed by atoms with Crippen LogP contribution in [-0.4, -0.2) is 56.0 Å². The first-order valence-electron chi connectivity index (χ1n) is 8.68. The fourth-order valence-electron chi connectivity index (χ4n) is 3.26. The number of likely N-dealkylation sites (N-methyl/N-ethyl adjacent to an activating group) is 1. The van der Waals surface area contributed by atoms with Gasteiger partial charge in [0, 0.05) is 32.3 Å². The van der Waals surface area contributed by atoms with Crippen LogP contribution < -0.4 is 9.80 Å². The highest BCUT2D eigenvalue weighted by Crippen LogP contribution is 2.38. The summed E-state index contributed by atoms with van der Waals surface area (Å²) >= 11 is 0. The second kappa shape index (κ2) is 5.37. The normalized spacial score (nSPS) is 17.8. The lowest BCUT2D eigenvalue weighted by Crippen LogP contribution is -2.59. The highest BCUT2D eigenvalue weighted by atomic mass is 15.4. The molecule has 0 spiro atoms. The Bertz CT molecular complexity index is 925. The molecule has 0 aromatic carbocycles. The van der Waals surface area contributed by atoms with E-state index in [9.17, 15) is 0 Å². The predicted molar refractivity (Wildman–Crippen MR) is 93.9 cm³/mol. The minimum absolute atomic E-state index is 0.414. The highest BCUT2D eigenvalue weighted by molar-refractivity contribution is 5.50. The third-order valence-electron chi connectivity index (χ3n) is 5.05. The van der Waals surface area contributed by atoms with Crippen LogP contribution in [0.4, 0.5) is 11.6 Å². The number of hydrogen-bond donors (Lipinski definition) is 0. The summed E-state index contributed by atoms with van der Waals surface area (Å²) in [7, 11) is 2.08. The van der Waals surface area contributed by atoms with Gasteiger partial charge in [0.1, 0.15) is 11.6 Å². The van der Waals surface area contributed by atoms with E-state index in [2.05, 4.69) is 37.0 Å². The van der Waals surface area contributed by atoms with E-state index in [-0.39, 0.29) is 0 Å². The average Bonchev–Trinajstić information content (AvgIpc) is 3.33. The van der Waals surface area contributed by atoms with E-state index in [1.54, 1.807) is 6.20 Å². The minimum atomic E-state index is 0.414. The first-order chi connectivity index (χ1) is 12.2. The van der Waals surface area contributed by atoms with Gasteiger partial charge >= 0.3 is 0 Å². The molecule has 8 nitrogen and oxygen atoms in total. The van der Waals surface area contributed by atoms with Crippen LogP contribution in [0.1, 0.15) is 30.3 Å². The topological polar surface area (TPSA) is 75.3 Å². The van der Waals surface area contributed by atoms with Gasteiger partial charge in [-0.15, -0.1) is 15.3 Å². The lowest BCUT2D eigenvalue weighted by Gasteiger charge is -2.44. The van der Waals surface area contributed by atoms with E-state index >= 15 is 0 Å². The maximum absolute atomic E-state index is 4.77. The molecule has 2 aliphatic rings. The number of anilines is 2. The molecule has 8 heteroatoms. The van der Waals surface area contributed by atoms with E-state index in [1.165, 1.54) is 12.8 Å². The molecule has 4 heterocycles. The molecule has 1 saturated carbocycles. The zero-order valence-corrected chi connectivity index (χ0v) is 14.4. The van der Waals surface area contributed by atoms with Crippen molar-refractivity contribution in [2.75, 3.05) is 29.9 Å². The van der Waals surface area contributed by atoms with Crippen molar-refractivity contribution in [3.63, 3.8) is 0 Å². The van der Waals surface area contributed by atoms with Gasteiger partial charge in [0.2, 0.25) is 0 Å². The van der Waals surface area contributed by atoms with Crippen LogP contribution in [0, 0.1) is 6.92 Å². The van der Waals surface area contributed by atoms with Crippen molar-refractivity contribution >= 4 is 17.3 Å². The Labute approximate surface area is 145 Å². The fourth-order valence-corrected chi connectivity index (χ4v) is 3.26. The van der Waals surface area contributed by atoms with Gasteiger partial charge in [-0.05, 0) is 31.9 Å². The number of fused-ring (bicyclic) bond motifs is 1. The molecular formula is C17H20N8. The molecule has 128 valence electrons. The van der Waals surface area contributed by atoms with Crippen molar-refractivity contribution in [3.8, 4) is 0 Å². The lowest BCUT2D eigenvalue weighted by molar-refractivity contribution is 0.486. The zero-order valence-electron chi connectivity index (χ0n) is 14.4. The smallest absolute Gasteiger partial charge is 0.178 e. The van der Waals surface area contributed by atoms with Crippen LogP contribution in [0.2, 0.25) is 0 Å². The Hall–Kier alpha value is -2.77. The number of rotatable bonds is 4. The first kappa shape index (κ1) is 14.6. The van der Waals surface area contributed by atoms with Gasteiger partial charge < -0.3 is 9.80 Å². The molecule has 3 aromatic heterocycles. The largest absolute Gasteiger partial charge is 0.352 e. The maximum Gasteiger partial charge on any atom is 0.178 e. The summed E-state index contributed by atoms with van der Waals surface area (Å²) in [4.78, 5) is 13.3. The van der Waals surface area contributed by atoms with Gasteiger partial charge in [0.25, 0.3) is 0 Å². The molecule has 0 bridgehead atoms. The van der Waals surface area contributed by atoms with Crippen LogP contribution in [0.3, 0.4) is 0 Å². The average molecular weight is 336 g/mol. The maximum atomic E-state index is 4.77. The third kappa shape index (κ3) is 2.48. The summed E-state index contributed by atoms with van der Waals surface area (Å²) in [6, 6.07) is 4.45. The molecule has 0 atom stereocenters. The van der Waals surface area contributed by atoms with Gasteiger partial charge in [-0.2, -0.15) is 4.52 Å².